The summed E-state index contributed by atoms with van der Waals surface area (Å²) >= 11 is 0. The number of non-ortho nitro benzene ring substituents is 1. The summed E-state index contributed by atoms with van der Waals surface area (Å²) in [4.78, 5) is 35.8. The van der Waals surface area contributed by atoms with Crippen molar-refractivity contribution in [1.29, 1.82) is 0 Å². The summed E-state index contributed by atoms with van der Waals surface area (Å²) < 4.78 is 11.5. The predicted molar refractivity (Wildman–Crippen MR) is 104 cm³/mol. The van der Waals surface area contributed by atoms with Gasteiger partial charge in [0.25, 0.3) is 17.2 Å². The minimum atomic E-state index is -1.42. The monoisotopic (exact) mass is 398 g/mol. The molecule has 150 valence electrons. The van der Waals surface area contributed by atoms with Crippen LogP contribution in [-0.4, -0.2) is 27.7 Å². The first-order valence-corrected chi connectivity index (χ1v) is 8.52. The van der Waals surface area contributed by atoms with E-state index in [1.165, 1.54) is 57.6 Å². The number of anilines is 1. The zero-order chi connectivity index (χ0) is 21.2. The van der Waals surface area contributed by atoms with Gasteiger partial charge in [-0.25, -0.2) is 4.68 Å². The van der Waals surface area contributed by atoms with Gasteiger partial charge in [-0.3, -0.25) is 19.7 Å². The van der Waals surface area contributed by atoms with E-state index in [2.05, 4.69) is 10.4 Å². The molecule has 2 heterocycles. The second kappa shape index (κ2) is 7.58. The third-order valence-electron chi connectivity index (χ3n) is 4.30. The highest BCUT2D eigenvalue weighted by Gasteiger charge is 2.33. The molecule has 1 aromatic carbocycles. The zero-order valence-electron chi connectivity index (χ0n) is 15.9. The third-order valence-corrected chi connectivity index (χ3v) is 4.30. The summed E-state index contributed by atoms with van der Waals surface area (Å²) in [6.45, 7) is 3.01. The van der Waals surface area contributed by atoms with Crippen molar-refractivity contribution in [2.24, 2.45) is 0 Å². The molecule has 0 radical (unpaired) electrons. The van der Waals surface area contributed by atoms with Crippen LogP contribution < -0.4 is 15.6 Å². The Kier molecular flexibility index (Phi) is 5.18. The van der Waals surface area contributed by atoms with Crippen LogP contribution >= 0.6 is 0 Å². The first kappa shape index (κ1) is 19.8. The average Bonchev–Trinajstić information content (AvgIpc) is 3.22. The molecule has 0 aliphatic rings. The molecule has 0 saturated heterocycles. The number of benzene rings is 1. The Morgan fingerprint density at radius 2 is 2.03 bits per heavy atom. The molecule has 3 rings (SSSR count). The standard InChI is InChI=1S/C19H18N4O6/c1-19(2,22-17(24)9-7-13(21-22)16-5-4-10-29-16)18(25)20-14-11-12(23(26)27)6-8-15(14)28-3/h4-11H,1-3H3,(H,20,25). The highest BCUT2D eigenvalue weighted by Crippen LogP contribution is 2.30. The van der Waals surface area contributed by atoms with E-state index in [4.69, 9.17) is 9.15 Å². The fraction of sp³-hybridized carbons (Fsp3) is 0.211. The van der Waals surface area contributed by atoms with Crippen LogP contribution in [0.5, 0.6) is 5.75 Å². The minimum absolute atomic E-state index is 0.106. The number of amides is 1. The fourth-order valence-electron chi connectivity index (χ4n) is 2.65. The minimum Gasteiger partial charge on any atom is -0.495 e. The molecule has 3 aromatic rings. The molecule has 1 amide bonds. The molecular formula is C19H18N4O6. The molecule has 0 bridgehead atoms. The van der Waals surface area contributed by atoms with E-state index in [1.807, 2.05) is 0 Å². The zero-order valence-corrected chi connectivity index (χ0v) is 15.9. The lowest BCUT2D eigenvalue weighted by atomic mass is 10.0. The van der Waals surface area contributed by atoms with Crippen LogP contribution in [0.2, 0.25) is 0 Å². The van der Waals surface area contributed by atoms with Gasteiger partial charge < -0.3 is 14.5 Å². The maximum Gasteiger partial charge on any atom is 0.271 e. The lowest BCUT2D eigenvalue weighted by molar-refractivity contribution is -0.384. The smallest absolute Gasteiger partial charge is 0.271 e. The van der Waals surface area contributed by atoms with Gasteiger partial charge in [-0.05, 0) is 38.1 Å². The molecule has 10 heteroatoms. The summed E-state index contributed by atoms with van der Waals surface area (Å²) in [5, 5.41) is 17.9. The molecule has 0 spiro atoms. The number of rotatable bonds is 6. The Bertz CT molecular complexity index is 1120. The number of carbonyl (C=O) groups is 1. The Hall–Kier alpha value is -3.95. The molecule has 0 atom stereocenters. The van der Waals surface area contributed by atoms with E-state index in [0.717, 1.165) is 4.68 Å². The Morgan fingerprint density at radius 1 is 1.28 bits per heavy atom. The first-order valence-electron chi connectivity index (χ1n) is 8.52. The van der Waals surface area contributed by atoms with Gasteiger partial charge in [0.05, 0.1) is 24.0 Å². The molecule has 2 aromatic heterocycles. The Labute approximate surface area is 164 Å². The highest BCUT2D eigenvalue weighted by molar-refractivity contribution is 5.97. The van der Waals surface area contributed by atoms with Crippen molar-refractivity contribution in [2.75, 3.05) is 12.4 Å². The summed E-state index contributed by atoms with van der Waals surface area (Å²) in [5.74, 6) is 0.0715. The summed E-state index contributed by atoms with van der Waals surface area (Å²) in [7, 11) is 1.38. The summed E-state index contributed by atoms with van der Waals surface area (Å²) in [6.07, 6.45) is 1.47. The Balaban J connectivity index is 1.97. The Morgan fingerprint density at radius 3 is 2.66 bits per heavy atom. The number of furan rings is 1. The van der Waals surface area contributed by atoms with E-state index in [-0.39, 0.29) is 17.1 Å². The predicted octanol–water partition coefficient (Wildman–Crippen LogP) is 2.79. The lowest BCUT2D eigenvalue weighted by Gasteiger charge is -2.25. The van der Waals surface area contributed by atoms with Crippen molar-refractivity contribution < 1.29 is 18.9 Å². The molecule has 0 unspecified atom stereocenters. The molecule has 1 N–H and O–H groups in total. The van der Waals surface area contributed by atoms with Gasteiger partial charge in [-0.2, -0.15) is 5.10 Å². The van der Waals surface area contributed by atoms with Crippen LogP contribution in [0.3, 0.4) is 0 Å². The number of nitro groups is 1. The van der Waals surface area contributed by atoms with Gasteiger partial charge in [0.2, 0.25) is 0 Å². The summed E-state index contributed by atoms with van der Waals surface area (Å²) in [6, 6.07) is 9.96. The van der Waals surface area contributed by atoms with Gasteiger partial charge in [-0.15, -0.1) is 0 Å². The molecule has 29 heavy (non-hydrogen) atoms. The third kappa shape index (κ3) is 3.86. The number of nitro benzene ring substituents is 1. The second-order valence-corrected chi connectivity index (χ2v) is 6.60. The van der Waals surface area contributed by atoms with Crippen molar-refractivity contribution in [3.05, 3.63) is 69.2 Å². The van der Waals surface area contributed by atoms with E-state index in [0.29, 0.717) is 11.5 Å². The number of hydrogen-bond acceptors (Lipinski definition) is 7. The van der Waals surface area contributed by atoms with Crippen molar-refractivity contribution in [2.45, 2.75) is 19.4 Å². The van der Waals surface area contributed by atoms with Crippen LogP contribution in [0.1, 0.15) is 13.8 Å². The average molecular weight is 398 g/mol. The van der Waals surface area contributed by atoms with Crippen LogP contribution in [0, 0.1) is 10.1 Å². The van der Waals surface area contributed by atoms with Gasteiger partial charge >= 0.3 is 0 Å². The van der Waals surface area contributed by atoms with Gasteiger partial charge in [0, 0.05) is 18.2 Å². The topological polar surface area (TPSA) is 130 Å². The summed E-state index contributed by atoms with van der Waals surface area (Å²) in [5.41, 5.74) is -1.64. The molecule has 0 fully saturated rings. The van der Waals surface area contributed by atoms with Crippen LogP contribution in [0.15, 0.2) is 57.9 Å². The molecule has 10 nitrogen and oxygen atoms in total. The van der Waals surface area contributed by atoms with Crippen LogP contribution in [0.25, 0.3) is 11.5 Å². The van der Waals surface area contributed by atoms with Gasteiger partial charge in [-0.1, -0.05) is 0 Å². The number of carbonyl (C=O) groups excluding carboxylic acids is 1. The number of nitrogens with one attached hydrogen (secondary N) is 1. The van der Waals surface area contributed by atoms with E-state index >= 15 is 0 Å². The number of aromatic nitrogens is 2. The number of hydrogen-bond donors (Lipinski definition) is 1. The molecular weight excluding hydrogens is 380 g/mol. The SMILES string of the molecule is COc1ccc([N+](=O)[O-])cc1NC(=O)C(C)(C)n1nc(-c2ccco2)ccc1=O. The van der Waals surface area contributed by atoms with E-state index in [1.54, 1.807) is 12.1 Å². The van der Waals surface area contributed by atoms with Crippen LogP contribution in [0.4, 0.5) is 11.4 Å². The quantitative estimate of drug-likeness (QED) is 0.499. The second-order valence-electron chi connectivity index (χ2n) is 6.60. The first-order chi connectivity index (χ1) is 13.7. The van der Waals surface area contributed by atoms with Crippen molar-refractivity contribution in [1.82, 2.24) is 9.78 Å². The number of ether oxygens (including phenoxy) is 1. The van der Waals surface area contributed by atoms with E-state index in [9.17, 15) is 19.7 Å². The van der Waals surface area contributed by atoms with Crippen LogP contribution in [-0.2, 0) is 10.3 Å². The molecule has 0 saturated carbocycles. The highest BCUT2D eigenvalue weighted by atomic mass is 16.6. The van der Waals surface area contributed by atoms with Crippen molar-refractivity contribution in [3.8, 4) is 17.2 Å². The molecule has 0 aliphatic carbocycles. The normalized spacial score (nSPS) is 11.1. The number of methoxy groups -OCH3 is 1. The van der Waals surface area contributed by atoms with Crippen molar-refractivity contribution in [3.63, 3.8) is 0 Å². The van der Waals surface area contributed by atoms with Gasteiger partial charge in [0.15, 0.2) is 5.76 Å². The maximum absolute atomic E-state index is 13.0. The lowest BCUT2D eigenvalue weighted by Crippen LogP contribution is -2.47. The van der Waals surface area contributed by atoms with Gasteiger partial charge in [0.1, 0.15) is 17.0 Å². The molecule has 0 aliphatic heterocycles. The van der Waals surface area contributed by atoms with E-state index < -0.39 is 21.9 Å². The maximum atomic E-state index is 13.0. The largest absolute Gasteiger partial charge is 0.495 e. The fourth-order valence-corrected chi connectivity index (χ4v) is 2.65. The van der Waals surface area contributed by atoms with Crippen molar-refractivity contribution >= 4 is 17.3 Å². The number of nitrogens with zero attached hydrogens (tertiary/aromatic N) is 3.